The zero-order valence-corrected chi connectivity index (χ0v) is 16.0. The van der Waals surface area contributed by atoms with E-state index in [1.807, 2.05) is 5.32 Å². The second-order valence-electron chi connectivity index (χ2n) is 5.48. The topological polar surface area (TPSA) is 117 Å². The first-order valence-corrected chi connectivity index (χ1v) is 8.19. The molecule has 9 heteroatoms. The number of hydrogen-bond acceptors (Lipinski definition) is 6. The lowest BCUT2D eigenvalue weighted by molar-refractivity contribution is -0.157. The highest BCUT2D eigenvalue weighted by atomic mass is 79.9. The second kappa shape index (κ2) is 9.26. The van der Waals surface area contributed by atoms with Crippen LogP contribution < -0.4 is 20.5 Å². The number of primary amides is 1. The minimum atomic E-state index is -1.13. The molecule has 1 aromatic carbocycles. The van der Waals surface area contributed by atoms with E-state index in [-0.39, 0.29) is 12.3 Å². The van der Waals surface area contributed by atoms with Gasteiger partial charge in [0.1, 0.15) is 0 Å². The SMILES string of the molecule is COc1cc(Br)c(CC(=O)O[C@@H](C(=O)NC(N)=O)C(C)C)cc1OC. The zero-order chi connectivity index (χ0) is 19.1. The Hall–Kier alpha value is -2.29. The van der Waals surface area contributed by atoms with Crippen LogP contribution >= 0.6 is 15.9 Å². The van der Waals surface area contributed by atoms with Crippen molar-refractivity contribution >= 4 is 33.8 Å². The van der Waals surface area contributed by atoms with Gasteiger partial charge >= 0.3 is 12.0 Å². The standard InChI is InChI=1S/C16H21BrN2O6/c1-8(2)14(15(21)19-16(18)22)25-13(20)6-9-5-11(23-3)12(24-4)7-10(9)17/h5,7-8,14H,6H2,1-4H3,(H3,18,19,21,22)/t14-/m1/s1. The van der Waals surface area contributed by atoms with Crippen molar-refractivity contribution in [3.05, 3.63) is 22.2 Å². The number of imide groups is 1. The third-order valence-corrected chi connectivity index (χ3v) is 3.99. The van der Waals surface area contributed by atoms with Gasteiger partial charge in [-0.05, 0) is 23.6 Å². The van der Waals surface area contributed by atoms with Gasteiger partial charge in [-0.2, -0.15) is 0 Å². The predicted octanol–water partition coefficient (Wildman–Crippen LogP) is 1.77. The van der Waals surface area contributed by atoms with E-state index >= 15 is 0 Å². The molecule has 0 radical (unpaired) electrons. The zero-order valence-electron chi connectivity index (χ0n) is 14.4. The molecule has 8 nitrogen and oxygen atoms in total. The van der Waals surface area contributed by atoms with Crippen molar-refractivity contribution in [3.63, 3.8) is 0 Å². The van der Waals surface area contributed by atoms with Crippen LogP contribution in [0.3, 0.4) is 0 Å². The molecule has 1 rings (SSSR count). The molecule has 0 saturated heterocycles. The monoisotopic (exact) mass is 416 g/mol. The van der Waals surface area contributed by atoms with E-state index < -0.39 is 24.0 Å². The number of halogens is 1. The molecule has 0 spiro atoms. The molecule has 25 heavy (non-hydrogen) atoms. The molecule has 1 atom stereocenters. The number of carbonyl (C=O) groups excluding carboxylic acids is 3. The summed E-state index contributed by atoms with van der Waals surface area (Å²) in [6, 6.07) is 2.30. The Kier molecular flexibility index (Phi) is 7.69. The average Bonchev–Trinajstić information content (AvgIpc) is 2.52. The smallest absolute Gasteiger partial charge is 0.318 e. The minimum Gasteiger partial charge on any atom is -0.493 e. The van der Waals surface area contributed by atoms with E-state index in [9.17, 15) is 14.4 Å². The molecule has 3 N–H and O–H groups in total. The molecule has 0 unspecified atom stereocenters. The van der Waals surface area contributed by atoms with Gasteiger partial charge in [0.2, 0.25) is 0 Å². The maximum absolute atomic E-state index is 12.2. The Balaban J connectivity index is 2.90. The largest absolute Gasteiger partial charge is 0.493 e. The third-order valence-electron chi connectivity index (χ3n) is 3.26. The van der Waals surface area contributed by atoms with Crippen molar-refractivity contribution in [2.24, 2.45) is 11.7 Å². The van der Waals surface area contributed by atoms with Crippen molar-refractivity contribution in [3.8, 4) is 11.5 Å². The van der Waals surface area contributed by atoms with E-state index in [1.54, 1.807) is 26.0 Å². The van der Waals surface area contributed by atoms with Gasteiger partial charge in [-0.3, -0.25) is 14.9 Å². The van der Waals surface area contributed by atoms with Crippen LogP contribution in [-0.4, -0.2) is 38.2 Å². The van der Waals surface area contributed by atoms with E-state index in [0.717, 1.165) is 0 Å². The van der Waals surface area contributed by atoms with Gasteiger partial charge in [-0.1, -0.05) is 29.8 Å². The van der Waals surface area contributed by atoms with Crippen molar-refractivity contribution in [1.29, 1.82) is 0 Å². The predicted molar refractivity (Wildman–Crippen MR) is 93.4 cm³/mol. The van der Waals surface area contributed by atoms with Gasteiger partial charge in [-0.25, -0.2) is 4.79 Å². The van der Waals surface area contributed by atoms with Gasteiger partial charge < -0.3 is 19.9 Å². The van der Waals surface area contributed by atoms with Crippen LogP contribution in [0.15, 0.2) is 16.6 Å². The van der Waals surface area contributed by atoms with E-state index in [2.05, 4.69) is 15.9 Å². The number of benzene rings is 1. The van der Waals surface area contributed by atoms with Crippen LogP contribution in [0.25, 0.3) is 0 Å². The first kappa shape index (κ1) is 20.8. The number of rotatable bonds is 7. The van der Waals surface area contributed by atoms with Crippen molar-refractivity contribution in [2.75, 3.05) is 14.2 Å². The molecule has 0 aromatic heterocycles. The highest BCUT2D eigenvalue weighted by molar-refractivity contribution is 9.10. The Labute approximate surface area is 154 Å². The lowest BCUT2D eigenvalue weighted by Gasteiger charge is -2.20. The lowest BCUT2D eigenvalue weighted by atomic mass is 10.1. The first-order valence-electron chi connectivity index (χ1n) is 7.39. The van der Waals surface area contributed by atoms with Crippen LogP contribution in [0, 0.1) is 5.92 Å². The maximum atomic E-state index is 12.2. The minimum absolute atomic E-state index is 0.103. The summed E-state index contributed by atoms with van der Waals surface area (Å²) in [5.41, 5.74) is 5.52. The summed E-state index contributed by atoms with van der Waals surface area (Å²) < 4.78 is 16.2. The van der Waals surface area contributed by atoms with E-state index in [4.69, 9.17) is 19.9 Å². The number of ether oxygens (including phenoxy) is 3. The average molecular weight is 417 g/mol. The fourth-order valence-electron chi connectivity index (χ4n) is 2.06. The van der Waals surface area contributed by atoms with Crippen molar-refractivity contribution < 1.29 is 28.6 Å². The maximum Gasteiger partial charge on any atom is 0.318 e. The third kappa shape index (κ3) is 5.93. The summed E-state index contributed by atoms with van der Waals surface area (Å²) >= 11 is 3.35. The number of urea groups is 1. The van der Waals surface area contributed by atoms with Gasteiger partial charge in [0, 0.05) is 4.47 Å². The molecular weight excluding hydrogens is 396 g/mol. The molecule has 0 fully saturated rings. The molecule has 1 aromatic rings. The van der Waals surface area contributed by atoms with Crippen LogP contribution in [0.2, 0.25) is 0 Å². The number of carbonyl (C=O) groups is 3. The molecule has 0 saturated carbocycles. The summed E-state index contributed by atoms with van der Waals surface area (Å²) in [4.78, 5) is 34.9. The number of hydrogen-bond donors (Lipinski definition) is 2. The molecule has 0 aliphatic rings. The Bertz CT molecular complexity index is 662. The van der Waals surface area contributed by atoms with Gasteiger partial charge in [0.05, 0.1) is 20.6 Å². The summed E-state index contributed by atoms with van der Waals surface area (Å²) in [6.45, 7) is 3.37. The molecule has 3 amide bonds. The fraction of sp³-hybridized carbons (Fsp3) is 0.438. The van der Waals surface area contributed by atoms with Gasteiger partial charge in [0.25, 0.3) is 5.91 Å². The van der Waals surface area contributed by atoms with E-state index in [1.165, 1.54) is 14.2 Å². The number of nitrogens with one attached hydrogen (secondary N) is 1. The highest BCUT2D eigenvalue weighted by Crippen LogP contribution is 2.33. The van der Waals surface area contributed by atoms with Crippen LogP contribution in [0.4, 0.5) is 4.79 Å². The summed E-state index contributed by atoms with van der Waals surface area (Å²) in [7, 11) is 2.99. The molecule has 0 heterocycles. The molecule has 0 bridgehead atoms. The van der Waals surface area contributed by atoms with Crippen LogP contribution in [-0.2, 0) is 20.7 Å². The summed E-state index contributed by atoms with van der Waals surface area (Å²) in [6.07, 6.45) is -1.23. The number of nitrogens with two attached hydrogens (primary N) is 1. The van der Waals surface area contributed by atoms with Crippen LogP contribution in [0.1, 0.15) is 19.4 Å². The highest BCUT2D eigenvalue weighted by Gasteiger charge is 2.27. The van der Waals surface area contributed by atoms with Crippen LogP contribution in [0.5, 0.6) is 11.5 Å². The molecule has 0 aliphatic carbocycles. The first-order chi connectivity index (χ1) is 11.7. The molecule has 0 aliphatic heterocycles. The van der Waals surface area contributed by atoms with E-state index in [0.29, 0.717) is 21.5 Å². The van der Waals surface area contributed by atoms with Gasteiger partial charge in [-0.15, -0.1) is 0 Å². The number of esters is 1. The molecule has 138 valence electrons. The Morgan fingerprint density at radius 1 is 1.16 bits per heavy atom. The van der Waals surface area contributed by atoms with Crippen molar-refractivity contribution in [2.45, 2.75) is 26.4 Å². The number of methoxy groups -OCH3 is 2. The normalized spacial score (nSPS) is 11.6. The summed E-state index contributed by atoms with van der Waals surface area (Å²) in [5.74, 6) is -0.765. The Morgan fingerprint density at radius 2 is 1.72 bits per heavy atom. The van der Waals surface area contributed by atoms with Gasteiger partial charge in [0.15, 0.2) is 17.6 Å². The quantitative estimate of drug-likeness (QED) is 0.654. The lowest BCUT2D eigenvalue weighted by Crippen LogP contribution is -2.45. The Morgan fingerprint density at radius 3 is 2.20 bits per heavy atom. The molecular formula is C16H21BrN2O6. The fourth-order valence-corrected chi connectivity index (χ4v) is 2.52. The summed E-state index contributed by atoms with van der Waals surface area (Å²) in [5, 5.41) is 1.92. The second-order valence-corrected chi connectivity index (χ2v) is 6.34. The van der Waals surface area contributed by atoms with Crippen molar-refractivity contribution in [1.82, 2.24) is 5.32 Å². The number of amides is 3.